The normalized spacial score (nSPS) is 12.7. The molecule has 1 atom stereocenters. The van der Waals surface area contributed by atoms with E-state index in [0.717, 1.165) is 23.3 Å². The van der Waals surface area contributed by atoms with Gasteiger partial charge in [0.15, 0.2) is 0 Å². The van der Waals surface area contributed by atoms with Gasteiger partial charge >= 0.3 is 6.18 Å². The van der Waals surface area contributed by atoms with Crippen LogP contribution >= 0.6 is 34.8 Å². The highest BCUT2D eigenvalue weighted by atomic mass is 35.5. The summed E-state index contributed by atoms with van der Waals surface area (Å²) in [5, 5.41) is 2.58. The molecule has 0 aliphatic rings. The molecule has 0 heterocycles. The minimum Gasteiger partial charge on any atom is -0.354 e. The van der Waals surface area contributed by atoms with E-state index in [1.165, 1.54) is 19.1 Å². The second-order valence-electron chi connectivity index (χ2n) is 8.16. The predicted molar refractivity (Wildman–Crippen MR) is 138 cm³/mol. The summed E-state index contributed by atoms with van der Waals surface area (Å²) in [5.74, 6) is -1.35. The van der Waals surface area contributed by atoms with Crippen molar-refractivity contribution in [2.75, 3.05) is 23.7 Å². The van der Waals surface area contributed by atoms with E-state index in [4.69, 9.17) is 34.8 Å². The van der Waals surface area contributed by atoms with Crippen LogP contribution in [0, 0.1) is 0 Å². The largest absolute Gasteiger partial charge is 0.417 e. The van der Waals surface area contributed by atoms with Gasteiger partial charge in [0.1, 0.15) is 12.6 Å². The fourth-order valence-corrected chi connectivity index (χ4v) is 4.85. The number of sulfonamides is 1. The maximum Gasteiger partial charge on any atom is 0.417 e. The van der Waals surface area contributed by atoms with Crippen LogP contribution in [0.4, 0.5) is 18.9 Å². The van der Waals surface area contributed by atoms with E-state index in [9.17, 15) is 31.2 Å². The number of nitrogens with one attached hydrogen (secondary N) is 1. The number of benzene rings is 2. The molecule has 2 aromatic carbocycles. The molecule has 14 heteroatoms. The lowest BCUT2D eigenvalue weighted by atomic mass is 10.1. The molecule has 1 N–H and O–H groups in total. The van der Waals surface area contributed by atoms with Gasteiger partial charge in [-0.05, 0) is 49.2 Å². The van der Waals surface area contributed by atoms with Crippen molar-refractivity contribution in [1.82, 2.24) is 10.2 Å². The van der Waals surface area contributed by atoms with Crippen molar-refractivity contribution in [1.29, 1.82) is 0 Å². The number of carbonyl (C=O) groups is 2. The molecular formula is C23H25Cl3F3N3O4S. The average molecular weight is 603 g/mol. The topological polar surface area (TPSA) is 86.8 Å². The van der Waals surface area contributed by atoms with Gasteiger partial charge in [0.05, 0.1) is 22.5 Å². The molecule has 204 valence electrons. The first-order valence-corrected chi connectivity index (χ1v) is 13.9. The summed E-state index contributed by atoms with van der Waals surface area (Å²) in [5.41, 5.74) is -1.25. The maximum atomic E-state index is 13.4. The quantitative estimate of drug-likeness (QED) is 0.396. The van der Waals surface area contributed by atoms with Crippen LogP contribution in [0.2, 0.25) is 15.1 Å². The number of rotatable bonds is 10. The first kappa shape index (κ1) is 31.0. The monoisotopic (exact) mass is 601 g/mol. The van der Waals surface area contributed by atoms with Crippen LogP contribution in [0.5, 0.6) is 0 Å². The molecule has 2 aromatic rings. The average Bonchev–Trinajstić information content (AvgIpc) is 2.79. The summed E-state index contributed by atoms with van der Waals surface area (Å²) in [6.45, 7) is 2.55. The molecule has 0 radical (unpaired) electrons. The standard InChI is InChI=1S/C23H25Cl3F3N3O4S/c1-4-9-30-22(34)14(2)31(12-15-5-6-16(24)10-20(15)26)21(33)13-32(37(3,35)36)17-7-8-19(25)18(11-17)23(27,28)29/h5-8,10-11,14H,4,9,12-13H2,1-3H3,(H,30,34). The van der Waals surface area contributed by atoms with E-state index < -0.39 is 56.9 Å². The molecule has 7 nitrogen and oxygen atoms in total. The van der Waals surface area contributed by atoms with E-state index in [-0.39, 0.29) is 11.6 Å². The summed E-state index contributed by atoms with van der Waals surface area (Å²) in [4.78, 5) is 27.2. The summed E-state index contributed by atoms with van der Waals surface area (Å²) in [7, 11) is -4.24. The van der Waals surface area contributed by atoms with Crippen LogP contribution in [0.15, 0.2) is 36.4 Å². The molecule has 37 heavy (non-hydrogen) atoms. The zero-order chi connectivity index (χ0) is 28.1. The van der Waals surface area contributed by atoms with Crippen LogP contribution in [0.1, 0.15) is 31.4 Å². The molecule has 0 fully saturated rings. The van der Waals surface area contributed by atoms with E-state index in [2.05, 4.69) is 5.32 Å². The first-order valence-electron chi connectivity index (χ1n) is 10.9. The van der Waals surface area contributed by atoms with E-state index in [1.807, 2.05) is 6.92 Å². The molecular weight excluding hydrogens is 578 g/mol. The van der Waals surface area contributed by atoms with Crippen molar-refractivity contribution in [3.63, 3.8) is 0 Å². The van der Waals surface area contributed by atoms with Crippen molar-refractivity contribution in [2.24, 2.45) is 0 Å². The number of carbonyl (C=O) groups excluding carboxylic acids is 2. The molecule has 0 saturated carbocycles. The predicted octanol–water partition coefficient (Wildman–Crippen LogP) is 5.38. The van der Waals surface area contributed by atoms with Crippen LogP contribution in [0.25, 0.3) is 0 Å². The lowest BCUT2D eigenvalue weighted by molar-refractivity contribution is -0.139. The molecule has 1 unspecified atom stereocenters. The Morgan fingerprint density at radius 2 is 1.70 bits per heavy atom. The molecule has 0 spiro atoms. The van der Waals surface area contributed by atoms with Gasteiger partial charge in [0, 0.05) is 23.1 Å². The molecule has 0 aromatic heterocycles. The highest BCUT2D eigenvalue weighted by Gasteiger charge is 2.35. The Morgan fingerprint density at radius 3 is 2.24 bits per heavy atom. The summed E-state index contributed by atoms with van der Waals surface area (Å²) in [6.07, 6.45) is -3.47. The first-order chi connectivity index (χ1) is 17.1. The SMILES string of the molecule is CCCNC(=O)C(C)N(Cc1ccc(Cl)cc1Cl)C(=O)CN(c1ccc(Cl)c(C(F)(F)F)c1)S(C)(=O)=O. The van der Waals surface area contributed by atoms with Crippen LogP contribution in [-0.2, 0) is 32.3 Å². The van der Waals surface area contributed by atoms with Gasteiger partial charge in [-0.1, -0.05) is 47.8 Å². The lowest BCUT2D eigenvalue weighted by Crippen LogP contribution is -2.51. The Hall–Kier alpha value is -2.21. The van der Waals surface area contributed by atoms with Gasteiger partial charge < -0.3 is 10.2 Å². The Balaban J connectivity index is 2.49. The number of alkyl halides is 3. The van der Waals surface area contributed by atoms with Gasteiger partial charge in [0.2, 0.25) is 21.8 Å². The molecule has 0 aliphatic carbocycles. The second kappa shape index (κ2) is 12.6. The fraction of sp³-hybridized carbons (Fsp3) is 0.391. The minimum absolute atomic E-state index is 0.193. The number of hydrogen-bond acceptors (Lipinski definition) is 4. The summed E-state index contributed by atoms with van der Waals surface area (Å²) in [6, 6.07) is 5.96. The number of halogens is 6. The molecule has 0 aliphatic heterocycles. The maximum absolute atomic E-state index is 13.4. The number of anilines is 1. The smallest absolute Gasteiger partial charge is 0.354 e. The number of nitrogens with zero attached hydrogens (tertiary/aromatic N) is 2. The highest BCUT2D eigenvalue weighted by molar-refractivity contribution is 7.92. The third-order valence-corrected chi connectivity index (χ3v) is 7.35. The van der Waals surface area contributed by atoms with Gasteiger partial charge in [-0.3, -0.25) is 13.9 Å². The zero-order valence-corrected chi connectivity index (χ0v) is 23.2. The Labute approximate surface area is 228 Å². The highest BCUT2D eigenvalue weighted by Crippen LogP contribution is 2.37. The minimum atomic E-state index is -4.86. The molecule has 2 rings (SSSR count). The summed E-state index contributed by atoms with van der Waals surface area (Å²) < 4.78 is 65.8. The van der Waals surface area contributed by atoms with Gasteiger partial charge in [-0.2, -0.15) is 13.2 Å². The third kappa shape index (κ3) is 8.39. The zero-order valence-electron chi connectivity index (χ0n) is 20.1. The second-order valence-corrected chi connectivity index (χ2v) is 11.3. The molecule has 2 amide bonds. The number of amides is 2. The van der Waals surface area contributed by atoms with Crippen LogP contribution < -0.4 is 9.62 Å². The van der Waals surface area contributed by atoms with Crippen LogP contribution in [0.3, 0.4) is 0 Å². The van der Waals surface area contributed by atoms with E-state index >= 15 is 0 Å². The molecule has 0 saturated heterocycles. The Morgan fingerprint density at radius 1 is 1.05 bits per heavy atom. The van der Waals surface area contributed by atoms with E-state index in [1.54, 1.807) is 6.07 Å². The lowest BCUT2D eigenvalue weighted by Gasteiger charge is -2.32. The van der Waals surface area contributed by atoms with Gasteiger partial charge in [0.25, 0.3) is 0 Å². The van der Waals surface area contributed by atoms with Crippen LogP contribution in [-0.4, -0.2) is 50.5 Å². The van der Waals surface area contributed by atoms with Crippen molar-refractivity contribution in [2.45, 2.75) is 39.0 Å². The van der Waals surface area contributed by atoms with Crippen molar-refractivity contribution in [3.8, 4) is 0 Å². The van der Waals surface area contributed by atoms with Crippen molar-refractivity contribution >= 4 is 62.3 Å². The Kier molecular flexibility index (Phi) is 10.5. The summed E-state index contributed by atoms with van der Waals surface area (Å²) >= 11 is 17.8. The van der Waals surface area contributed by atoms with Gasteiger partial charge in [-0.25, -0.2) is 8.42 Å². The third-order valence-electron chi connectivity index (χ3n) is 5.29. The fourth-order valence-electron chi connectivity index (χ4n) is 3.31. The van der Waals surface area contributed by atoms with E-state index in [0.29, 0.717) is 33.9 Å². The van der Waals surface area contributed by atoms with Crippen molar-refractivity contribution in [3.05, 3.63) is 62.6 Å². The van der Waals surface area contributed by atoms with Crippen molar-refractivity contribution < 1.29 is 31.2 Å². The number of hydrogen-bond donors (Lipinski definition) is 1. The Bertz CT molecular complexity index is 1260. The molecule has 0 bridgehead atoms. The van der Waals surface area contributed by atoms with Gasteiger partial charge in [-0.15, -0.1) is 0 Å².